The average molecular weight is 385 g/mol. The zero-order valence-electron chi connectivity index (χ0n) is 14.6. The molecule has 3 aromatic rings. The number of imidazole rings is 1. The Morgan fingerprint density at radius 3 is 2.71 bits per heavy atom. The zero-order valence-corrected chi connectivity index (χ0v) is 14.6. The number of aliphatic hydroxyl groups is 3. The third-order valence-electron chi connectivity index (χ3n) is 4.45. The van der Waals surface area contributed by atoms with Crippen LogP contribution in [-0.2, 0) is 4.74 Å². The number of nitrogens with zero attached hydrogens (tertiary/aromatic N) is 5. The van der Waals surface area contributed by atoms with Gasteiger partial charge >= 0.3 is 0 Å². The molecule has 0 unspecified atom stereocenters. The number of hydrogen-bond acceptors (Lipinski definition) is 10. The van der Waals surface area contributed by atoms with E-state index in [4.69, 9.17) is 10.5 Å². The van der Waals surface area contributed by atoms with E-state index in [2.05, 4.69) is 25.5 Å². The molecule has 1 aliphatic rings. The molecule has 1 fully saturated rings. The van der Waals surface area contributed by atoms with Gasteiger partial charge in [0.2, 0.25) is 5.95 Å². The zero-order chi connectivity index (χ0) is 19.7. The van der Waals surface area contributed by atoms with Crippen LogP contribution in [0.2, 0.25) is 0 Å². The Morgan fingerprint density at radius 1 is 1.21 bits per heavy atom. The van der Waals surface area contributed by atoms with Gasteiger partial charge in [0, 0.05) is 0 Å². The highest BCUT2D eigenvalue weighted by Crippen LogP contribution is 2.35. The van der Waals surface area contributed by atoms with Gasteiger partial charge in [-0.25, -0.2) is 20.4 Å². The smallest absolute Gasteiger partial charge is 0.228 e. The van der Waals surface area contributed by atoms with Crippen LogP contribution in [0.3, 0.4) is 0 Å². The quantitative estimate of drug-likeness (QED) is 0.287. The van der Waals surface area contributed by atoms with Crippen LogP contribution >= 0.6 is 0 Å². The highest BCUT2D eigenvalue weighted by Gasteiger charge is 2.45. The maximum Gasteiger partial charge on any atom is 0.228 e. The summed E-state index contributed by atoms with van der Waals surface area (Å²) in [5, 5.41) is 34.0. The Hall–Kier alpha value is -3.12. The van der Waals surface area contributed by atoms with Crippen LogP contribution in [0, 0.1) is 0 Å². The highest BCUT2D eigenvalue weighted by molar-refractivity contribution is 5.84. The number of aliphatic hydroxyl groups excluding tert-OH is 3. The fourth-order valence-corrected chi connectivity index (χ4v) is 3.04. The molecule has 6 N–H and O–H groups in total. The number of nitrogen functional groups attached to an aromatic ring is 1. The van der Waals surface area contributed by atoms with Gasteiger partial charge in [-0.2, -0.15) is 5.10 Å². The van der Waals surface area contributed by atoms with Gasteiger partial charge in [-0.05, 0) is 5.56 Å². The Bertz CT molecular complexity index is 994. The number of nitrogens with two attached hydrogens (primary N) is 1. The third-order valence-corrected chi connectivity index (χ3v) is 4.45. The van der Waals surface area contributed by atoms with Crippen molar-refractivity contribution in [1.29, 1.82) is 0 Å². The van der Waals surface area contributed by atoms with Gasteiger partial charge in [-0.15, -0.1) is 0 Å². The molecule has 11 heteroatoms. The van der Waals surface area contributed by atoms with Crippen molar-refractivity contribution in [3.05, 3.63) is 42.2 Å². The summed E-state index contributed by atoms with van der Waals surface area (Å²) in [7, 11) is 0. The topological polar surface area (TPSA) is 164 Å². The van der Waals surface area contributed by atoms with Gasteiger partial charge in [0.1, 0.15) is 24.6 Å². The first-order valence-corrected chi connectivity index (χ1v) is 8.55. The molecule has 1 aromatic carbocycles. The summed E-state index contributed by atoms with van der Waals surface area (Å²) in [6, 6.07) is 9.42. The van der Waals surface area contributed by atoms with Crippen molar-refractivity contribution < 1.29 is 20.1 Å². The van der Waals surface area contributed by atoms with E-state index in [1.165, 1.54) is 10.9 Å². The number of ether oxygens (including phenoxy) is 1. The van der Waals surface area contributed by atoms with Crippen molar-refractivity contribution >= 4 is 29.1 Å². The maximum atomic E-state index is 10.4. The van der Waals surface area contributed by atoms with Crippen LogP contribution in [0.4, 0.5) is 11.8 Å². The molecule has 0 amide bonds. The fraction of sp³-hybridized carbons (Fsp3) is 0.294. The summed E-state index contributed by atoms with van der Waals surface area (Å²) in [6.07, 6.45) is -1.74. The lowest BCUT2D eigenvalue weighted by molar-refractivity contribution is -0.0501. The Kier molecular flexibility index (Phi) is 4.88. The highest BCUT2D eigenvalue weighted by atomic mass is 16.6. The second-order valence-electron chi connectivity index (χ2n) is 6.25. The van der Waals surface area contributed by atoms with Crippen LogP contribution in [0.5, 0.6) is 0 Å². The van der Waals surface area contributed by atoms with Crippen LogP contribution in [0.25, 0.3) is 11.2 Å². The van der Waals surface area contributed by atoms with Crippen molar-refractivity contribution in [3.63, 3.8) is 0 Å². The van der Waals surface area contributed by atoms with Crippen LogP contribution < -0.4 is 11.2 Å². The number of fused-ring (bicyclic) bond motifs is 1. The summed E-state index contributed by atoms with van der Waals surface area (Å²) in [5.41, 5.74) is 10.1. The van der Waals surface area contributed by atoms with Gasteiger partial charge in [-0.3, -0.25) is 4.57 Å². The van der Waals surface area contributed by atoms with Gasteiger partial charge < -0.3 is 25.8 Å². The minimum atomic E-state index is -1.32. The number of aromatic nitrogens is 4. The monoisotopic (exact) mass is 385 g/mol. The minimum Gasteiger partial charge on any atom is -0.394 e. The Labute approximate surface area is 159 Å². The van der Waals surface area contributed by atoms with Crippen molar-refractivity contribution in [2.75, 3.05) is 17.8 Å². The van der Waals surface area contributed by atoms with Gasteiger partial charge in [0.15, 0.2) is 23.2 Å². The van der Waals surface area contributed by atoms with E-state index in [9.17, 15) is 15.3 Å². The molecule has 4 atom stereocenters. The lowest BCUT2D eigenvalue weighted by atomic mass is 10.1. The van der Waals surface area contributed by atoms with Crippen molar-refractivity contribution in [1.82, 2.24) is 19.5 Å². The summed E-state index contributed by atoms with van der Waals surface area (Å²) in [4.78, 5) is 12.4. The molecule has 0 aliphatic carbocycles. The molecule has 0 spiro atoms. The molecule has 0 saturated carbocycles. The normalized spacial score (nSPS) is 25.0. The summed E-state index contributed by atoms with van der Waals surface area (Å²) < 4.78 is 7.04. The first-order valence-electron chi connectivity index (χ1n) is 8.55. The maximum absolute atomic E-state index is 10.4. The van der Waals surface area contributed by atoms with Gasteiger partial charge in [0.25, 0.3) is 0 Å². The molecule has 1 aliphatic heterocycles. The van der Waals surface area contributed by atoms with E-state index >= 15 is 0 Å². The van der Waals surface area contributed by atoms with E-state index in [-0.39, 0.29) is 17.3 Å². The Morgan fingerprint density at radius 2 is 2.00 bits per heavy atom. The predicted molar refractivity (Wildman–Crippen MR) is 100 cm³/mol. The van der Waals surface area contributed by atoms with Crippen LogP contribution in [0.15, 0.2) is 41.8 Å². The van der Waals surface area contributed by atoms with Crippen molar-refractivity contribution in [2.24, 2.45) is 5.10 Å². The molecular weight excluding hydrogens is 366 g/mol. The van der Waals surface area contributed by atoms with E-state index in [0.29, 0.717) is 5.65 Å². The number of anilines is 2. The number of hydrazone groups is 1. The lowest BCUT2D eigenvalue weighted by Gasteiger charge is -2.18. The minimum absolute atomic E-state index is 0.144. The molecule has 1 saturated heterocycles. The van der Waals surface area contributed by atoms with Crippen molar-refractivity contribution in [3.8, 4) is 0 Å². The predicted octanol–water partition coefficient (Wildman–Crippen LogP) is -0.534. The first kappa shape index (κ1) is 18.3. The molecule has 2 aromatic heterocycles. The second-order valence-corrected chi connectivity index (χ2v) is 6.25. The van der Waals surface area contributed by atoms with E-state index < -0.39 is 31.1 Å². The number of benzene rings is 1. The van der Waals surface area contributed by atoms with Gasteiger partial charge in [-0.1, -0.05) is 30.3 Å². The number of nitrogens with one attached hydrogen (secondary N) is 1. The van der Waals surface area contributed by atoms with E-state index in [1.807, 2.05) is 30.3 Å². The largest absolute Gasteiger partial charge is 0.394 e. The van der Waals surface area contributed by atoms with E-state index in [1.54, 1.807) is 6.21 Å². The summed E-state index contributed by atoms with van der Waals surface area (Å²) >= 11 is 0. The molecule has 28 heavy (non-hydrogen) atoms. The number of rotatable bonds is 5. The summed E-state index contributed by atoms with van der Waals surface area (Å²) in [5.74, 6) is 0.329. The molecule has 0 bridgehead atoms. The second kappa shape index (κ2) is 7.48. The molecule has 11 nitrogen and oxygen atoms in total. The Balaban J connectivity index is 1.73. The molecule has 146 valence electrons. The SMILES string of the molecule is Nc1ncnc2c1nc(NN=Cc1ccccc1)n2[C@H]1O[C@@H](CO)[C@@H](O)[C@@H]1O. The standard InChI is InChI=1S/C17H19N7O4/c18-14-11-15(20-8-19-14)24(16-13(27)12(26)10(7-25)28-16)17(22-11)23-21-6-9-4-2-1-3-5-9/h1-6,8,10,12-13,16,25-27H,7H2,(H,22,23)(H2,18,19,20)/t10-,12+,13-,16-/m0/s1. The lowest BCUT2D eigenvalue weighted by Crippen LogP contribution is -2.33. The van der Waals surface area contributed by atoms with Crippen LogP contribution in [0.1, 0.15) is 11.8 Å². The molecule has 3 heterocycles. The molecule has 0 radical (unpaired) electrons. The summed E-state index contributed by atoms with van der Waals surface area (Å²) in [6.45, 7) is -0.451. The molecular formula is C17H19N7O4. The van der Waals surface area contributed by atoms with E-state index in [0.717, 1.165) is 5.56 Å². The first-order chi connectivity index (χ1) is 13.6. The average Bonchev–Trinajstić information content (AvgIpc) is 3.21. The fourth-order valence-electron chi connectivity index (χ4n) is 3.04. The van der Waals surface area contributed by atoms with Crippen molar-refractivity contribution in [2.45, 2.75) is 24.5 Å². The third kappa shape index (κ3) is 3.16. The molecule has 4 rings (SSSR count). The number of hydrogen-bond donors (Lipinski definition) is 5. The van der Waals surface area contributed by atoms with Gasteiger partial charge in [0.05, 0.1) is 12.8 Å². The van der Waals surface area contributed by atoms with Crippen LogP contribution in [-0.4, -0.2) is 66.0 Å².